The van der Waals surface area contributed by atoms with E-state index in [-0.39, 0.29) is 11.3 Å². The smallest absolute Gasteiger partial charge is 0.287 e. The standard InChI is InChI=1S/C17H9ClN2O3/c18-15-6-8-17(14-4-2-1-3-13(14)15)23-12-5-7-16(20(21)22)11(9-12)10-19/h1-9H. The third-order valence-electron chi connectivity index (χ3n) is 3.34. The topological polar surface area (TPSA) is 76.2 Å². The van der Waals surface area contributed by atoms with Crippen LogP contribution in [0.25, 0.3) is 10.8 Å². The van der Waals surface area contributed by atoms with Crippen LogP contribution in [0.15, 0.2) is 54.6 Å². The normalized spacial score (nSPS) is 10.3. The van der Waals surface area contributed by atoms with Gasteiger partial charge in [-0.1, -0.05) is 35.9 Å². The van der Waals surface area contributed by atoms with E-state index in [4.69, 9.17) is 21.6 Å². The summed E-state index contributed by atoms with van der Waals surface area (Å²) in [6, 6.07) is 16.8. The molecule has 0 aromatic heterocycles. The van der Waals surface area contributed by atoms with Crippen LogP contribution in [-0.2, 0) is 0 Å². The molecule has 0 atom stereocenters. The van der Waals surface area contributed by atoms with E-state index in [0.29, 0.717) is 16.5 Å². The number of benzene rings is 3. The number of hydrogen-bond donors (Lipinski definition) is 0. The lowest BCUT2D eigenvalue weighted by Gasteiger charge is -2.10. The van der Waals surface area contributed by atoms with E-state index in [1.807, 2.05) is 24.3 Å². The van der Waals surface area contributed by atoms with Crippen molar-refractivity contribution in [3.63, 3.8) is 0 Å². The highest BCUT2D eigenvalue weighted by molar-refractivity contribution is 6.35. The number of nitriles is 1. The summed E-state index contributed by atoms with van der Waals surface area (Å²) in [6.07, 6.45) is 0. The van der Waals surface area contributed by atoms with E-state index >= 15 is 0 Å². The summed E-state index contributed by atoms with van der Waals surface area (Å²) in [5.41, 5.74) is -0.299. The second-order valence-electron chi connectivity index (χ2n) is 4.74. The first-order valence-corrected chi connectivity index (χ1v) is 7.01. The predicted octanol–water partition coefficient (Wildman–Crippen LogP) is 5.07. The number of halogens is 1. The van der Waals surface area contributed by atoms with Crippen LogP contribution in [0, 0.1) is 21.4 Å². The second kappa shape index (κ2) is 5.95. The Morgan fingerprint density at radius 2 is 1.83 bits per heavy atom. The maximum absolute atomic E-state index is 10.9. The fraction of sp³-hybridized carbons (Fsp3) is 0. The molecule has 0 aliphatic heterocycles. The number of hydrogen-bond acceptors (Lipinski definition) is 4. The Labute approximate surface area is 136 Å². The monoisotopic (exact) mass is 324 g/mol. The highest BCUT2D eigenvalue weighted by Crippen LogP contribution is 2.35. The Morgan fingerprint density at radius 1 is 1.09 bits per heavy atom. The molecule has 3 aromatic rings. The zero-order valence-corrected chi connectivity index (χ0v) is 12.4. The maximum Gasteiger partial charge on any atom is 0.287 e. The van der Waals surface area contributed by atoms with Crippen molar-refractivity contribution in [2.75, 3.05) is 0 Å². The molecule has 6 heteroatoms. The summed E-state index contributed by atoms with van der Waals surface area (Å²) in [5.74, 6) is 0.905. The van der Waals surface area contributed by atoms with Crippen molar-refractivity contribution in [1.29, 1.82) is 5.26 Å². The van der Waals surface area contributed by atoms with Crippen LogP contribution >= 0.6 is 11.6 Å². The van der Waals surface area contributed by atoms with Crippen molar-refractivity contribution in [1.82, 2.24) is 0 Å². The molecule has 0 amide bonds. The van der Waals surface area contributed by atoms with Crippen LogP contribution in [0.2, 0.25) is 5.02 Å². The quantitative estimate of drug-likeness (QED) is 0.498. The molecule has 0 saturated heterocycles. The Balaban J connectivity index is 2.05. The summed E-state index contributed by atoms with van der Waals surface area (Å²) in [6.45, 7) is 0. The van der Waals surface area contributed by atoms with Crippen LogP contribution in [0.5, 0.6) is 11.5 Å². The van der Waals surface area contributed by atoms with Crippen molar-refractivity contribution in [3.05, 3.63) is 75.3 Å². The van der Waals surface area contributed by atoms with Gasteiger partial charge in [-0.3, -0.25) is 10.1 Å². The zero-order chi connectivity index (χ0) is 16.4. The molecule has 112 valence electrons. The lowest BCUT2D eigenvalue weighted by Crippen LogP contribution is -1.93. The molecule has 0 bridgehead atoms. The summed E-state index contributed by atoms with van der Waals surface area (Å²) < 4.78 is 5.79. The van der Waals surface area contributed by atoms with Crippen molar-refractivity contribution < 1.29 is 9.66 Å². The highest BCUT2D eigenvalue weighted by Gasteiger charge is 2.15. The Morgan fingerprint density at radius 3 is 2.52 bits per heavy atom. The van der Waals surface area contributed by atoms with Gasteiger partial charge < -0.3 is 4.74 Å². The molecule has 5 nitrogen and oxygen atoms in total. The zero-order valence-electron chi connectivity index (χ0n) is 11.7. The fourth-order valence-electron chi connectivity index (χ4n) is 2.28. The fourth-order valence-corrected chi connectivity index (χ4v) is 2.51. The van der Waals surface area contributed by atoms with E-state index < -0.39 is 4.92 Å². The van der Waals surface area contributed by atoms with Crippen LogP contribution in [0.1, 0.15) is 5.56 Å². The molecular weight excluding hydrogens is 316 g/mol. The van der Waals surface area contributed by atoms with Crippen molar-refractivity contribution in [3.8, 4) is 17.6 Å². The van der Waals surface area contributed by atoms with E-state index in [0.717, 1.165) is 10.8 Å². The lowest BCUT2D eigenvalue weighted by molar-refractivity contribution is -0.385. The molecule has 0 fully saturated rings. The number of nitrogens with zero attached hydrogens (tertiary/aromatic N) is 2. The van der Waals surface area contributed by atoms with Gasteiger partial charge in [0.1, 0.15) is 23.1 Å². The maximum atomic E-state index is 10.9. The van der Waals surface area contributed by atoms with E-state index in [9.17, 15) is 10.1 Å². The Kier molecular flexibility index (Phi) is 3.83. The first-order valence-electron chi connectivity index (χ1n) is 6.64. The number of nitro groups is 1. The molecule has 0 heterocycles. The van der Waals surface area contributed by atoms with E-state index in [1.165, 1.54) is 18.2 Å². The van der Waals surface area contributed by atoms with Crippen molar-refractivity contribution in [2.45, 2.75) is 0 Å². The first kappa shape index (κ1) is 14.8. The van der Waals surface area contributed by atoms with Crippen molar-refractivity contribution >= 4 is 28.1 Å². The molecule has 0 spiro atoms. The molecule has 23 heavy (non-hydrogen) atoms. The van der Waals surface area contributed by atoms with Gasteiger partial charge >= 0.3 is 0 Å². The predicted molar refractivity (Wildman–Crippen MR) is 86.8 cm³/mol. The average molecular weight is 325 g/mol. The van der Waals surface area contributed by atoms with Gasteiger partial charge in [0.25, 0.3) is 5.69 Å². The number of fused-ring (bicyclic) bond motifs is 1. The third-order valence-corrected chi connectivity index (χ3v) is 3.67. The van der Waals surface area contributed by atoms with Crippen LogP contribution in [0.3, 0.4) is 0 Å². The SMILES string of the molecule is N#Cc1cc(Oc2ccc(Cl)c3ccccc23)ccc1[N+](=O)[O-]. The molecule has 0 unspecified atom stereocenters. The Hall–Kier alpha value is -3.10. The van der Waals surface area contributed by atoms with Crippen molar-refractivity contribution in [2.24, 2.45) is 0 Å². The molecule has 0 aliphatic rings. The third kappa shape index (κ3) is 2.80. The molecule has 3 aromatic carbocycles. The summed E-state index contributed by atoms with van der Waals surface area (Å²) in [4.78, 5) is 10.3. The number of ether oxygens (including phenoxy) is 1. The Bertz CT molecular complexity index is 964. The highest BCUT2D eigenvalue weighted by atomic mass is 35.5. The van der Waals surface area contributed by atoms with Crippen LogP contribution in [-0.4, -0.2) is 4.92 Å². The first-order chi connectivity index (χ1) is 11.1. The molecule has 0 N–H and O–H groups in total. The minimum absolute atomic E-state index is 0.0502. The van der Waals surface area contributed by atoms with Crippen LogP contribution in [0.4, 0.5) is 5.69 Å². The minimum Gasteiger partial charge on any atom is -0.457 e. The average Bonchev–Trinajstić information content (AvgIpc) is 2.57. The molecule has 0 radical (unpaired) electrons. The van der Waals surface area contributed by atoms with Gasteiger partial charge in [-0.05, 0) is 18.2 Å². The van der Waals surface area contributed by atoms with Gasteiger partial charge in [0.15, 0.2) is 0 Å². The molecule has 0 aliphatic carbocycles. The van der Waals surface area contributed by atoms with E-state index in [2.05, 4.69) is 0 Å². The number of nitro benzene ring substituents is 1. The molecular formula is C17H9ClN2O3. The number of rotatable bonds is 3. The second-order valence-corrected chi connectivity index (χ2v) is 5.15. The van der Waals surface area contributed by atoms with Gasteiger partial charge in [-0.2, -0.15) is 5.26 Å². The molecule has 3 rings (SSSR count). The van der Waals surface area contributed by atoms with Gasteiger partial charge in [-0.15, -0.1) is 0 Å². The van der Waals surface area contributed by atoms with Gasteiger partial charge in [0.05, 0.1) is 4.92 Å². The van der Waals surface area contributed by atoms with Gasteiger partial charge in [-0.25, -0.2) is 0 Å². The minimum atomic E-state index is -0.597. The van der Waals surface area contributed by atoms with Gasteiger partial charge in [0.2, 0.25) is 0 Å². The molecule has 0 saturated carbocycles. The van der Waals surface area contributed by atoms with Crippen LogP contribution < -0.4 is 4.74 Å². The lowest BCUT2D eigenvalue weighted by atomic mass is 10.1. The summed E-state index contributed by atoms with van der Waals surface area (Å²) in [7, 11) is 0. The summed E-state index contributed by atoms with van der Waals surface area (Å²) in [5, 5.41) is 22.2. The van der Waals surface area contributed by atoms with E-state index in [1.54, 1.807) is 18.2 Å². The summed E-state index contributed by atoms with van der Waals surface area (Å²) >= 11 is 6.16. The van der Waals surface area contributed by atoms with Gasteiger partial charge in [0, 0.05) is 27.9 Å². The largest absolute Gasteiger partial charge is 0.457 e.